The Labute approximate surface area is 85.0 Å². The molecular formula is C10H19N3O. The monoisotopic (exact) mass is 197 g/mol. The summed E-state index contributed by atoms with van der Waals surface area (Å²) in [6.07, 6.45) is 5.88. The van der Waals surface area contributed by atoms with Gasteiger partial charge in [-0.15, -0.1) is 0 Å². The van der Waals surface area contributed by atoms with Crippen molar-refractivity contribution in [1.29, 1.82) is 0 Å². The maximum Gasteiger partial charge on any atom is 0.0764 e. The normalized spacial score (nSPS) is 15.4. The van der Waals surface area contributed by atoms with E-state index in [1.807, 2.05) is 13.2 Å². The van der Waals surface area contributed by atoms with Crippen molar-refractivity contribution in [2.75, 3.05) is 7.11 Å². The van der Waals surface area contributed by atoms with Crippen molar-refractivity contribution in [3.05, 3.63) is 18.0 Å². The molecule has 0 aromatic carbocycles. The van der Waals surface area contributed by atoms with Crippen LogP contribution in [-0.4, -0.2) is 23.0 Å². The molecule has 1 aromatic heterocycles. The Balaban J connectivity index is 2.66. The fourth-order valence-corrected chi connectivity index (χ4v) is 1.56. The van der Waals surface area contributed by atoms with E-state index < -0.39 is 0 Å². The molecule has 1 rings (SSSR count). The van der Waals surface area contributed by atoms with Gasteiger partial charge >= 0.3 is 0 Å². The zero-order valence-corrected chi connectivity index (χ0v) is 9.10. The van der Waals surface area contributed by atoms with Crippen molar-refractivity contribution >= 4 is 0 Å². The molecule has 14 heavy (non-hydrogen) atoms. The first-order valence-electron chi connectivity index (χ1n) is 4.96. The zero-order chi connectivity index (χ0) is 10.6. The fraction of sp³-hybridized carbons (Fsp3) is 0.700. The highest BCUT2D eigenvalue weighted by molar-refractivity contribution is 5.11. The van der Waals surface area contributed by atoms with E-state index in [1.54, 1.807) is 18.0 Å². The molecule has 0 spiro atoms. The fourth-order valence-electron chi connectivity index (χ4n) is 1.56. The molecule has 0 saturated heterocycles. The second-order valence-electron chi connectivity index (χ2n) is 3.54. The minimum absolute atomic E-state index is 0.0753. The molecule has 0 aliphatic heterocycles. The van der Waals surface area contributed by atoms with Crippen LogP contribution in [0.3, 0.4) is 0 Å². The molecule has 0 radical (unpaired) electrons. The van der Waals surface area contributed by atoms with E-state index in [9.17, 15) is 0 Å². The summed E-state index contributed by atoms with van der Waals surface area (Å²) in [6, 6.07) is -0.0753. The molecule has 1 heterocycles. The van der Waals surface area contributed by atoms with Gasteiger partial charge in [-0.25, -0.2) is 0 Å². The highest BCUT2D eigenvalue weighted by Gasteiger charge is 2.19. The standard InChI is InChI=1S/C10H19N3O/c1-4-5-9(14-3)10(11)8-6-12-13(2)7-8/h6-7,9-10H,4-5,11H2,1-3H3. The summed E-state index contributed by atoms with van der Waals surface area (Å²) < 4.78 is 7.11. The lowest BCUT2D eigenvalue weighted by atomic mass is 10.0. The summed E-state index contributed by atoms with van der Waals surface area (Å²) in [5.74, 6) is 0. The van der Waals surface area contributed by atoms with Gasteiger partial charge in [0.1, 0.15) is 0 Å². The molecule has 4 nitrogen and oxygen atoms in total. The number of hydrogen-bond donors (Lipinski definition) is 1. The molecule has 0 aliphatic carbocycles. The Kier molecular flexibility index (Phi) is 4.10. The third kappa shape index (κ3) is 2.56. The van der Waals surface area contributed by atoms with Gasteiger partial charge in [-0.2, -0.15) is 5.10 Å². The number of nitrogens with two attached hydrogens (primary N) is 1. The number of aromatic nitrogens is 2. The lowest BCUT2D eigenvalue weighted by molar-refractivity contribution is 0.0725. The average Bonchev–Trinajstić information content (AvgIpc) is 2.60. The van der Waals surface area contributed by atoms with Crippen LogP contribution >= 0.6 is 0 Å². The topological polar surface area (TPSA) is 53.1 Å². The van der Waals surface area contributed by atoms with E-state index in [0.717, 1.165) is 18.4 Å². The largest absolute Gasteiger partial charge is 0.379 e. The van der Waals surface area contributed by atoms with Gasteiger partial charge in [0.25, 0.3) is 0 Å². The molecule has 0 bridgehead atoms. The molecule has 0 fully saturated rings. The minimum Gasteiger partial charge on any atom is -0.379 e. The highest BCUT2D eigenvalue weighted by atomic mass is 16.5. The van der Waals surface area contributed by atoms with Gasteiger partial charge in [0.2, 0.25) is 0 Å². The zero-order valence-electron chi connectivity index (χ0n) is 9.10. The van der Waals surface area contributed by atoms with Crippen LogP contribution in [0, 0.1) is 0 Å². The Morgan fingerprint density at radius 1 is 1.64 bits per heavy atom. The Morgan fingerprint density at radius 2 is 2.36 bits per heavy atom. The Hall–Kier alpha value is -0.870. The van der Waals surface area contributed by atoms with Crippen molar-refractivity contribution in [3.63, 3.8) is 0 Å². The second kappa shape index (κ2) is 5.12. The van der Waals surface area contributed by atoms with Crippen LogP contribution in [-0.2, 0) is 11.8 Å². The summed E-state index contributed by atoms with van der Waals surface area (Å²) >= 11 is 0. The molecular weight excluding hydrogens is 178 g/mol. The minimum atomic E-state index is -0.0753. The van der Waals surface area contributed by atoms with Crippen LogP contribution in [0.4, 0.5) is 0 Å². The van der Waals surface area contributed by atoms with Crippen molar-refractivity contribution in [2.45, 2.75) is 31.9 Å². The van der Waals surface area contributed by atoms with Crippen LogP contribution in [0.25, 0.3) is 0 Å². The molecule has 0 aliphatic rings. The van der Waals surface area contributed by atoms with Crippen LogP contribution in [0.15, 0.2) is 12.4 Å². The van der Waals surface area contributed by atoms with Gasteiger partial charge in [-0.1, -0.05) is 13.3 Å². The summed E-state index contributed by atoms with van der Waals surface area (Å²) in [6.45, 7) is 2.13. The second-order valence-corrected chi connectivity index (χ2v) is 3.54. The third-order valence-corrected chi connectivity index (χ3v) is 2.39. The molecule has 2 N–H and O–H groups in total. The number of methoxy groups -OCH3 is 1. The number of hydrogen-bond acceptors (Lipinski definition) is 3. The van der Waals surface area contributed by atoms with Gasteiger partial charge in [-0.3, -0.25) is 4.68 Å². The number of rotatable bonds is 5. The summed E-state index contributed by atoms with van der Waals surface area (Å²) in [5, 5.41) is 4.10. The first-order chi connectivity index (χ1) is 6.69. The van der Waals surface area contributed by atoms with Gasteiger partial charge in [0.15, 0.2) is 0 Å². The maximum absolute atomic E-state index is 6.07. The van der Waals surface area contributed by atoms with Gasteiger partial charge in [0, 0.05) is 25.9 Å². The van der Waals surface area contributed by atoms with Crippen molar-refractivity contribution < 1.29 is 4.74 Å². The van der Waals surface area contributed by atoms with Crippen LogP contribution in [0.1, 0.15) is 31.4 Å². The van der Waals surface area contributed by atoms with E-state index in [-0.39, 0.29) is 12.1 Å². The maximum atomic E-state index is 6.07. The Bertz CT molecular complexity index is 272. The predicted octanol–water partition coefficient (Wildman–Crippen LogP) is 1.23. The SMILES string of the molecule is CCCC(OC)C(N)c1cnn(C)c1. The predicted molar refractivity (Wildman–Crippen MR) is 55.8 cm³/mol. The smallest absolute Gasteiger partial charge is 0.0764 e. The molecule has 0 amide bonds. The van der Waals surface area contributed by atoms with Crippen LogP contribution < -0.4 is 5.73 Å². The molecule has 80 valence electrons. The number of nitrogens with zero attached hydrogens (tertiary/aromatic N) is 2. The molecule has 2 unspecified atom stereocenters. The number of ether oxygens (including phenoxy) is 1. The quantitative estimate of drug-likeness (QED) is 0.772. The lowest BCUT2D eigenvalue weighted by Gasteiger charge is -2.20. The van der Waals surface area contributed by atoms with Gasteiger partial charge in [-0.05, 0) is 6.42 Å². The molecule has 4 heteroatoms. The summed E-state index contributed by atoms with van der Waals surface area (Å²) in [5.41, 5.74) is 7.11. The first kappa shape index (κ1) is 11.2. The van der Waals surface area contributed by atoms with E-state index in [4.69, 9.17) is 10.5 Å². The van der Waals surface area contributed by atoms with Crippen LogP contribution in [0.5, 0.6) is 0 Å². The van der Waals surface area contributed by atoms with E-state index in [2.05, 4.69) is 12.0 Å². The van der Waals surface area contributed by atoms with Crippen LogP contribution in [0.2, 0.25) is 0 Å². The molecule has 2 atom stereocenters. The molecule has 0 saturated carbocycles. The van der Waals surface area contributed by atoms with Gasteiger partial charge < -0.3 is 10.5 Å². The first-order valence-corrected chi connectivity index (χ1v) is 4.96. The van der Waals surface area contributed by atoms with Crippen molar-refractivity contribution in [1.82, 2.24) is 9.78 Å². The number of aryl methyl sites for hydroxylation is 1. The molecule has 1 aromatic rings. The Morgan fingerprint density at radius 3 is 2.79 bits per heavy atom. The third-order valence-electron chi connectivity index (χ3n) is 2.39. The van der Waals surface area contributed by atoms with E-state index in [1.165, 1.54) is 0 Å². The van der Waals surface area contributed by atoms with Gasteiger partial charge in [0.05, 0.1) is 18.3 Å². The van der Waals surface area contributed by atoms with Crippen molar-refractivity contribution in [2.24, 2.45) is 12.8 Å². The van der Waals surface area contributed by atoms with E-state index >= 15 is 0 Å². The highest BCUT2D eigenvalue weighted by Crippen LogP contribution is 2.18. The lowest BCUT2D eigenvalue weighted by Crippen LogP contribution is -2.27. The average molecular weight is 197 g/mol. The van der Waals surface area contributed by atoms with Crippen molar-refractivity contribution in [3.8, 4) is 0 Å². The summed E-state index contributed by atoms with van der Waals surface area (Å²) in [7, 11) is 3.59. The summed E-state index contributed by atoms with van der Waals surface area (Å²) in [4.78, 5) is 0. The van der Waals surface area contributed by atoms with E-state index in [0.29, 0.717) is 0 Å².